The molecule has 0 aromatic carbocycles. The summed E-state index contributed by atoms with van der Waals surface area (Å²) in [5, 5.41) is 7.26. The lowest BCUT2D eigenvalue weighted by Gasteiger charge is -2.35. The molecule has 8 nitrogen and oxygen atoms in total. The van der Waals surface area contributed by atoms with E-state index in [-0.39, 0.29) is 0 Å². The van der Waals surface area contributed by atoms with Crippen LogP contribution in [0, 0.1) is 25.7 Å². The largest absolute Gasteiger partial charge is 0.444 e. The van der Waals surface area contributed by atoms with E-state index < -0.39 is 0 Å². The predicted molar refractivity (Wildman–Crippen MR) is 127 cm³/mol. The van der Waals surface area contributed by atoms with E-state index in [4.69, 9.17) is 9.15 Å². The first-order valence-electron chi connectivity index (χ1n) is 12.5. The minimum atomic E-state index is 0.520. The summed E-state index contributed by atoms with van der Waals surface area (Å²) in [5.74, 6) is 4.17. The topological polar surface area (TPSA) is 78.2 Å². The Kier molecular flexibility index (Phi) is 8.43. The maximum Gasteiger partial charge on any atom is 0.208 e. The second-order valence-electron chi connectivity index (χ2n) is 9.87. The second-order valence-corrected chi connectivity index (χ2v) is 9.87. The van der Waals surface area contributed by atoms with Gasteiger partial charge in [0.05, 0.1) is 18.8 Å². The molecule has 3 saturated heterocycles. The van der Waals surface area contributed by atoms with Crippen LogP contribution in [0.25, 0.3) is 0 Å². The molecule has 0 spiro atoms. The third kappa shape index (κ3) is 6.68. The number of nitrogens with one attached hydrogen (secondary N) is 2. The maximum absolute atomic E-state index is 5.75. The lowest BCUT2D eigenvalue weighted by molar-refractivity contribution is 0.150. The normalized spacial score (nSPS) is 24.8. The fraction of sp³-hybridized carbons (Fsp3) is 0.833. The van der Waals surface area contributed by atoms with Gasteiger partial charge in [-0.25, -0.2) is 4.98 Å². The van der Waals surface area contributed by atoms with Crippen LogP contribution in [0.1, 0.15) is 49.4 Å². The Morgan fingerprint density at radius 3 is 2.41 bits per heavy atom. The number of aliphatic imine (C=N–C) groups is 1. The first-order chi connectivity index (χ1) is 15.6. The molecule has 3 aliphatic rings. The van der Waals surface area contributed by atoms with Gasteiger partial charge < -0.3 is 24.7 Å². The minimum absolute atomic E-state index is 0.520. The zero-order valence-electron chi connectivity index (χ0n) is 20.2. The van der Waals surface area contributed by atoms with Crippen LogP contribution in [0.15, 0.2) is 9.41 Å². The number of likely N-dealkylation sites (tertiary alicyclic amines) is 2. The van der Waals surface area contributed by atoms with Crippen molar-refractivity contribution in [2.45, 2.75) is 58.5 Å². The van der Waals surface area contributed by atoms with Gasteiger partial charge in [0.2, 0.25) is 5.89 Å². The average molecular weight is 447 g/mol. The van der Waals surface area contributed by atoms with Gasteiger partial charge in [0.25, 0.3) is 0 Å². The van der Waals surface area contributed by atoms with Crippen LogP contribution in [0.4, 0.5) is 0 Å². The Morgan fingerprint density at radius 2 is 1.78 bits per heavy atom. The van der Waals surface area contributed by atoms with Crippen molar-refractivity contribution in [3.05, 3.63) is 17.3 Å². The van der Waals surface area contributed by atoms with Crippen molar-refractivity contribution in [1.82, 2.24) is 25.4 Å². The van der Waals surface area contributed by atoms with Gasteiger partial charge in [-0.2, -0.15) is 0 Å². The van der Waals surface area contributed by atoms with E-state index in [2.05, 4.69) is 30.4 Å². The first-order valence-corrected chi connectivity index (χ1v) is 12.5. The summed E-state index contributed by atoms with van der Waals surface area (Å²) in [6.07, 6.45) is 6.00. The van der Waals surface area contributed by atoms with Gasteiger partial charge in [0, 0.05) is 45.9 Å². The number of hydrogen-bond acceptors (Lipinski definition) is 6. The van der Waals surface area contributed by atoms with Gasteiger partial charge >= 0.3 is 0 Å². The zero-order valence-corrected chi connectivity index (χ0v) is 20.2. The number of piperidine rings is 2. The van der Waals surface area contributed by atoms with Crippen LogP contribution >= 0.6 is 0 Å². The number of rotatable bonds is 7. The lowest BCUT2D eigenvalue weighted by atomic mass is 9.97. The summed E-state index contributed by atoms with van der Waals surface area (Å²) in [5.41, 5.74) is 1.01. The van der Waals surface area contributed by atoms with E-state index in [0.717, 1.165) is 68.6 Å². The van der Waals surface area contributed by atoms with Crippen LogP contribution in [0.3, 0.4) is 0 Å². The molecule has 3 fully saturated rings. The number of aryl methyl sites for hydroxylation is 2. The Morgan fingerprint density at radius 1 is 1.03 bits per heavy atom. The van der Waals surface area contributed by atoms with E-state index in [1.807, 2.05) is 20.9 Å². The monoisotopic (exact) mass is 446 g/mol. The van der Waals surface area contributed by atoms with Gasteiger partial charge in [0.1, 0.15) is 5.76 Å². The molecule has 0 bridgehead atoms. The molecule has 2 N–H and O–H groups in total. The van der Waals surface area contributed by atoms with Crippen molar-refractivity contribution >= 4 is 5.96 Å². The summed E-state index contributed by atoms with van der Waals surface area (Å²) in [6.45, 7) is 13.5. The smallest absolute Gasteiger partial charge is 0.208 e. The molecule has 1 aromatic rings. The van der Waals surface area contributed by atoms with E-state index >= 15 is 0 Å². The molecule has 180 valence electrons. The van der Waals surface area contributed by atoms with Gasteiger partial charge in [-0.1, -0.05) is 0 Å². The summed E-state index contributed by atoms with van der Waals surface area (Å²) in [6, 6.07) is 0.520. The third-order valence-electron chi connectivity index (χ3n) is 7.39. The maximum atomic E-state index is 5.75. The quantitative estimate of drug-likeness (QED) is 0.491. The standard InChI is InChI=1S/C24H42N6O2/c1-18-19(2)32-23(27-18)16-30-9-4-20(5-10-30)14-26-24(25-3)28-22-6-11-29(12-7-22)15-21-8-13-31-17-21/h20-22H,4-17H2,1-3H3,(H2,25,26,28). The highest BCUT2D eigenvalue weighted by molar-refractivity contribution is 5.79. The molecule has 1 atom stereocenters. The molecule has 8 heteroatoms. The van der Waals surface area contributed by atoms with Crippen molar-refractivity contribution in [1.29, 1.82) is 0 Å². The number of nitrogens with zero attached hydrogens (tertiary/aromatic N) is 4. The van der Waals surface area contributed by atoms with Crippen LogP contribution in [-0.4, -0.2) is 86.3 Å². The highest BCUT2D eigenvalue weighted by Crippen LogP contribution is 2.20. The number of guanidine groups is 1. The summed E-state index contributed by atoms with van der Waals surface area (Å²) >= 11 is 0. The van der Waals surface area contributed by atoms with E-state index in [9.17, 15) is 0 Å². The molecule has 0 amide bonds. The third-order valence-corrected chi connectivity index (χ3v) is 7.39. The molecule has 4 rings (SSSR count). The predicted octanol–water partition coefficient (Wildman–Crippen LogP) is 2.17. The Bertz CT molecular complexity index is 709. The molecule has 1 unspecified atom stereocenters. The molecular formula is C24H42N6O2. The molecule has 0 radical (unpaired) electrons. The van der Waals surface area contributed by atoms with E-state index in [1.165, 1.54) is 51.7 Å². The molecule has 3 aliphatic heterocycles. The van der Waals surface area contributed by atoms with Crippen molar-refractivity contribution in [3.63, 3.8) is 0 Å². The van der Waals surface area contributed by atoms with Gasteiger partial charge in [-0.05, 0) is 70.9 Å². The molecule has 0 saturated carbocycles. The fourth-order valence-corrected chi connectivity index (χ4v) is 5.13. The molecular weight excluding hydrogens is 404 g/mol. The van der Waals surface area contributed by atoms with Crippen LogP contribution < -0.4 is 10.6 Å². The highest BCUT2D eigenvalue weighted by Gasteiger charge is 2.25. The van der Waals surface area contributed by atoms with Crippen molar-refractivity contribution < 1.29 is 9.15 Å². The van der Waals surface area contributed by atoms with E-state index in [0.29, 0.717) is 12.0 Å². The lowest BCUT2D eigenvalue weighted by Crippen LogP contribution is -2.50. The Labute approximate surface area is 193 Å². The van der Waals surface area contributed by atoms with Gasteiger partial charge in [-0.3, -0.25) is 9.89 Å². The highest BCUT2D eigenvalue weighted by atomic mass is 16.5. The van der Waals surface area contributed by atoms with Crippen molar-refractivity contribution in [2.75, 3.05) is 59.5 Å². The molecule has 4 heterocycles. The number of ether oxygens (including phenoxy) is 1. The van der Waals surface area contributed by atoms with E-state index in [1.54, 1.807) is 0 Å². The second kappa shape index (κ2) is 11.5. The van der Waals surface area contributed by atoms with Crippen LogP contribution in [-0.2, 0) is 11.3 Å². The molecule has 32 heavy (non-hydrogen) atoms. The Balaban J connectivity index is 1.11. The summed E-state index contributed by atoms with van der Waals surface area (Å²) in [4.78, 5) is 14.1. The summed E-state index contributed by atoms with van der Waals surface area (Å²) < 4.78 is 11.3. The molecule has 1 aromatic heterocycles. The number of aromatic nitrogens is 1. The molecule has 0 aliphatic carbocycles. The fourth-order valence-electron chi connectivity index (χ4n) is 5.13. The van der Waals surface area contributed by atoms with Crippen LogP contribution in [0.2, 0.25) is 0 Å². The minimum Gasteiger partial charge on any atom is -0.444 e. The van der Waals surface area contributed by atoms with Gasteiger partial charge in [-0.15, -0.1) is 0 Å². The van der Waals surface area contributed by atoms with Crippen molar-refractivity contribution in [2.24, 2.45) is 16.8 Å². The van der Waals surface area contributed by atoms with Crippen LogP contribution in [0.5, 0.6) is 0 Å². The number of oxazole rings is 1. The first kappa shape index (κ1) is 23.5. The van der Waals surface area contributed by atoms with Crippen molar-refractivity contribution in [3.8, 4) is 0 Å². The summed E-state index contributed by atoms with van der Waals surface area (Å²) in [7, 11) is 1.88. The average Bonchev–Trinajstić information content (AvgIpc) is 3.42. The van der Waals surface area contributed by atoms with Gasteiger partial charge in [0.15, 0.2) is 5.96 Å². The SMILES string of the molecule is CN=C(NCC1CCN(Cc2nc(C)c(C)o2)CC1)NC1CCN(CC2CCOC2)CC1. The zero-order chi connectivity index (χ0) is 22.3. The Hall–Kier alpha value is -1.64. The number of hydrogen-bond donors (Lipinski definition) is 2.